The van der Waals surface area contributed by atoms with Crippen LogP contribution in [0.3, 0.4) is 0 Å². The average molecular weight is 238 g/mol. The lowest BCUT2D eigenvalue weighted by atomic mass is 9.85. The minimum Gasteiger partial charge on any atom is -0.377 e. The third-order valence-corrected chi connectivity index (χ3v) is 3.90. The molecule has 0 aromatic rings. The van der Waals surface area contributed by atoms with Gasteiger partial charge >= 0.3 is 0 Å². The smallest absolute Gasteiger partial charge is 0.106 e. The van der Waals surface area contributed by atoms with E-state index >= 15 is 0 Å². The number of hydrogen-bond donors (Lipinski definition) is 1. The lowest BCUT2D eigenvalue weighted by Gasteiger charge is -2.30. The lowest BCUT2D eigenvalue weighted by Crippen LogP contribution is -2.47. The fraction of sp³-hybridized carbons (Fsp3) is 0.929. The van der Waals surface area contributed by atoms with Gasteiger partial charge < -0.3 is 4.74 Å². The molecule has 0 aromatic carbocycles. The number of nitriles is 1. The first-order valence-corrected chi connectivity index (χ1v) is 6.93. The Kier molecular flexibility index (Phi) is 5.94. The highest BCUT2D eigenvalue weighted by Crippen LogP contribution is 2.23. The van der Waals surface area contributed by atoms with Gasteiger partial charge in [0.05, 0.1) is 12.2 Å². The van der Waals surface area contributed by atoms with E-state index < -0.39 is 0 Å². The zero-order chi connectivity index (χ0) is 12.7. The van der Waals surface area contributed by atoms with E-state index in [1.54, 1.807) is 0 Å². The van der Waals surface area contributed by atoms with Crippen LogP contribution in [0.25, 0.3) is 0 Å². The molecular weight excluding hydrogens is 212 g/mol. The maximum Gasteiger partial charge on any atom is 0.106 e. The van der Waals surface area contributed by atoms with E-state index in [4.69, 9.17) is 4.74 Å². The molecule has 0 aromatic heterocycles. The van der Waals surface area contributed by atoms with Gasteiger partial charge in [0, 0.05) is 13.2 Å². The summed E-state index contributed by atoms with van der Waals surface area (Å²) < 4.78 is 5.60. The van der Waals surface area contributed by atoms with Crippen molar-refractivity contribution in [3.63, 3.8) is 0 Å². The molecule has 1 fully saturated rings. The number of nitrogens with zero attached hydrogens (tertiary/aromatic N) is 1. The summed E-state index contributed by atoms with van der Waals surface area (Å²) in [6, 6.07) is 2.49. The molecule has 0 bridgehead atoms. The molecule has 1 N–H and O–H groups in total. The van der Waals surface area contributed by atoms with Crippen molar-refractivity contribution >= 4 is 0 Å². The quantitative estimate of drug-likeness (QED) is 0.741. The average Bonchev–Trinajstić information content (AvgIpc) is 2.87. The number of nitrogens with one attached hydrogen (secondary N) is 1. The Morgan fingerprint density at radius 2 is 2.29 bits per heavy atom. The topological polar surface area (TPSA) is 45.0 Å². The number of rotatable bonds is 7. The fourth-order valence-corrected chi connectivity index (χ4v) is 2.36. The highest BCUT2D eigenvalue weighted by Gasteiger charge is 2.30. The van der Waals surface area contributed by atoms with Crippen LogP contribution in [0.5, 0.6) is 0 Å². The molecule has 17 heavy (non-hydrogen) atoms. The summed E-state index contributed by atoms with van der Waals surface area (Å²) in [6.07, 6.45) is 5.52. The van der Waals surface area contributed by atoms with Crippen LogP contribution in [0.4, 0.5) is 0 Å². The van der Waals surface area contributed by atoms with Crippen LogP contribution < -0.4 is 5.32 Å². The molecule has 1 heterocycles. The molecule has 0 aliphatic carbocycles. The molecule has 0 spiro atoms. The molecular formula is C14H26N2O. The molecule has 3 atom stereocenters. The van der Waals surface area contributed by atoms with Gasteiger partial charge in [-0.05, 0) is 31.6 Å². The highest BCUT2D eigenvalue weighted by atomic mass is 16.5. The van der Waals surface area contributed by atoms with Crippen LogP contribution in [0.15, 0.2) is 0 Å². The van der Waals surface area contributed by atoms with Gasteiger partial charge in [0.25, 0.3) is 0 Å². The molecule has 98 valence electrons. The van der Waals surface area contributed by atoms with E-state index in [-0.39, 0.29) is 5.54 Å². The minimum absolute atomic E-state index is 0.311. The molecule has 0 amide bonds. The van der Waals surface area contributed by atoms with Gasteiger partial charge in [-0.25, -0.2) is 0 Å². The highest BCUT2D eigenvalue weighted by molar-refractivity contribution is 5.07. The molecule has 0 radical (unpaired) electrons. The largest absolute Gasteiger partial charge is 0.377 e. The van der Waals surface area contributed by atoms with E-state index in [1.807, 2.05) is 0 Å². The molecule has 1 saturated heterocycles. The molecule has 3 heteroatoms. The molecule has 1 aliphatic rings. The Bertz CT molecular complexity index is 255. The Labute approximate surface area is 106 Å². The second-order valence-corrected chi connectivity index (χ2v) is 5.28. The van der Waals surface area contributed by atoms with Crippen molar-refractivity contribution in [3.05, 3.63) is 0 Å². The van der Waals surface area contributed by atoms with Crippen LogP contribution in [0, 0.1) is 17.2 Å². The Balaban J connectivity index is 2.48. The van der Waals surface area contributed by atoms with Crippen molar-refractivity contribution in [2.45, 2.75) is 64.5 Å². The molecule has 3 nitrogen and oxygen atoms in total. The summed E-state index contributed by atoms with van der Waals surface area (Å²) in [5, 5.41) is 12.9. The molecule has 1 rings (SSSR count). The SMILES string of the molecule is CCC(C)CC(C#N)(CC)NCC1CCCO1. The van der Waals surface area contributed by atoms with Crippen LogP contribution in [-0.2, 0) is 4.74 Å². The molecule has 0 saturated carbocycles. The Morgan fingerprint density at radius 3 is 2.76 bits per heavy atom. The summed E-state index contributed by atoms with van der Waals surface area (Å²) in [4.78, 5) is 0. The number of ether oxygens (including phenoxy) is 1. The second-order valence-electron chi connectivity index (χ2n) is 5.28. The van der Waals surface area contributed by atoms with E-state index in [2.05, 4.69) is 32.2 Å². The summed E-state index contributed by atoms with van der Waals surface area (Å²) in [6.45, 7) is 8.19. The van der Waals surface area contributed by atoms with Gasteiger partial charge in [-0.15, -0.1) is 0 Å². The van der Waals surface area contributed by atoms with Crippen molar-refractivity contribution in [2.75, 3.05) is 13.2 Å². The van der Waals surface area contributed by atoms with Crippen LogP contribution in [0.2, 0.25) is 0 Å². The third kappa shape index (κ3) is 4.29. The Hall–Kier alpha value is -0.590. The van der Waals surface area contributed by atoms with Gasteiger partial charge in [-0.1, -0.05) is 27.2 Å². The van der Waals surface area contributed by atoms with E-state index in [9.17, 15) is 5.26 Å². The first-order chi connectivity index (χ1) is 8.15. The van der Waals surface area contributed by atoms with E-state index in [1.165, 1.54) is 0 Å². The lowest BCUT2D eigenvalue weighted by molar-refractivity contribution is 0.102. The second kappa shape index (κ2) is 6.98. The summed E-state index contributed by atoms with van der Waals surface area (Å²) in [5.74, 6) is 0.589. The zero-order valence-electron chi connectivity index (χ0n) is 11.5. The van der Waals surface area contributed by atoms with Crippen molar-refractivity contribution in [3.8, 4) is 6.07 Å². The van der Waals surface area contributed by atoms with E-state index in [0.717, 1.165) is 45.3 Å². The van der Waals surface area contributed by atoms with Crippen LogP contribution in [0.1, 0.15) is 52.9 Å². The summed E-state index contributed by atoms with van der Waals surface area (Å²) >= 11 is 0. The van der Waals surface area contributed by atoms with Crippen molar-refractivity contribution < 1.29 is 4.74 Å². The predicted octanol–water partition coefficient (Wildman–Crippen LogP) is 2.86. The summed E-state index contributed by atoms with van der Waals surface area (Å²) in [7, 11) is 0. The summed E-state index contributed by atoms with van der Waals surface area (Å²) in [5.41, 5.74) is -0.360. The normalized spacial score (nSPS) is 25.2. The predicted molar refractivity (Wildman–Crippen MR) is 69.7 cm³/mol. The molecule has 1 aliphatic heterocycles. The van der Waals surface area contributed by atoms with Crippen LogP contribution >= 0.6 is 0 Å². The van der Waals surface area contributed by atoms with Gasteiger partial charge in [0.1, 0.15) is 5.54 Å². The minimum atomic E-state index is -0.360. The van der Waals surface area contributed by atoms with Gasteiger partial charge in [0.2, 0.25) is 0 Å². The van der Waals surface area contributed by atoms with Crippen LogP contribution in [-0.4, -0.2) is 24.8 Å². The zero-order valence-corrected chi connectivity index (χ0v) is 11.5. The fourth-order valence-electron chi connectivity index (χ4n) is 2.36. The van der Waals surface area contributed by atoms with Gasteiger partial charge in [0.15, 0.2) is 0 Å². The van der Waals surface area contributed by atoms with Crippen molar-refractivity contribution in [2.24, 2.45) is 5.92 Å². The maximum absolute atomic E-state index is 9.44. The number of hydrogen-bond acceptors (Lipinski definition) is 3. The van der Waals surface area contributed by atoms with Crippen molar-refractivity contribution in [1.29, 1.82) is 5.26 Å². The van der Waals surface area contributed by atoms with Gasteiger partial charge in [-0.3, -0.25) is 5.32 Å². The van der Waals surface area contributed by atoms with Gasteiger partial charge in [-0.2, -0.15) is 5.26 Å². The first kappa shape index (κ1) is 14.5. The van der Waals surface area contributed by atoms with Crippen molar-refractivity contribution in [1.82, 2.24) is 5.32 Å². The first-order valence-electron chi connectivity index (χ1n) is 6.93. The maximum atomic E-state index is 9.44. The Morgan fingerprint density at radius 1 is 1.53 bits per heavy atom. The van der Waals surface area contributed by atoms with E-state index in [0.29, 0.717) is 12.0 Å². The third-order valence-electron chi connectivity index (χ3n) is 3.90. The monoisotopic (exact) mass is 238 g/mol. The standard InChI is InChI=1S/C14H26N2O/c1-4-12(3)9-14(5-2,11-15)16-10-13-7-6-8-17-13/h12-13,16H,4-10H2,1-3H3. The molecule has 3 unspecified atom stereocenters.